The Kier molecular flexibility index (Phi) is 4.54. The van der Waals surface area contributed by atoms with Crippen LogP contribution in [0.5, 0.6) is 0 Å². The lowest BCUT2D eigenvalue weighted by molar-refractivity contribution is -0.127. The van der Waals surface area contributed by atoms with E-state index >= 15 is 0 Å². The van der Waals surface area contributed by atoms with Crippen molar-refractivity contribution in [3.8, 4) is 0 Å². The number of hydrogen-bond acceptors (Lipinski definition) is 3. The van der Waals surface area contributed by atoms with Gasteiger partial charge >= 0.3 is 0 Å². The first kappa shape index (κ1) is 12.5. The predicted octanol–water partition coefficient (Wildman–Crippen LogP) is 0.657. The van der Waals surface area contributed by atoms with Gasteiger partial charge in [-0.05, 0) is 19.8 Å². The minimum Gasteiger partial charge on any atom is -0.383 e. The Labute approximate surface area is 91.5 Å². The van der Waals surface area contributed by atoms with Crippen LogP contribution < -0.4 is 11.1 Å². The highest BCUT2D eigenvalue weighted by Crippen LogP contribution is 2.37. The standard InChI is InChI=1S/C11H22N2O2/c1-9(7-15-2)13-8-11(10(12)14)5-3-4-6-11/h9,13H,3-8H2,1-2H3,(H2,12,14). The number of nitrogens with one attached hydrogen (secondary N) is 1. The van der Waals surface area contributed by atoms with Crippen LogP contribution in [-0.2, 0) is 9.53 Å². The van der Waals surface area contributed by atoms with Crippen LogP contribution in [0.4, 0.5) is 0 Å². The number of carbonyl (C=O) groups excluding carboxylic acids is 1. The van der Waals surface area contributed by atoms with Crippen molar-refractivity contribution < 1.29 is 9.53 Å². The van der Waals surface area contributed by atoms with Crippen molar-refractivity contribution >= 4 is 5.91 Å². The molecule has 0 aromatic heterocycles. The number of rotatable bonds is 6. The molecule has 4 heteroatoms. The van der Waals surface area contributed by atoms with Gasteiger partial charge in [-0.15, -0.1) is 0 Å². The molecular formula is C11H22N2O2. The Morgan fingerprint density at radius 3 is 2.60 bits per heavy atom. The zero-order valence-electron chi connectivity index (χ0n) is 9.71. The molecule has 0 aromatic carbocycles. The maximum atomic E-state index is 11.4. The zero-order valence-corrected chi connectivity index (χ0v) is 9.71. The number of carbonyl (C=O) groups is 1. The molecule has 1 amide bonds. The average molecular weight is 214 g/mol. The minimum atomic E-state index is -0.304. The van der Waals surface area contributed by atoms with Crippen LogP contribution in [0.15, 0.2) is 0 Å². The Hall–Kier alpha value is -0.610. The van der Waals surface area contributed by atoms with Crippen molar-refractivity contribution in [1.82, 2.24) is 5.32 Å². The summed E-state index contributed by atoms with van der Waals surface area (Å²) in [6.45, 7) is 3.40. The van der Waals surface area contributed by atoms with E-state index in [1.54, 1.807) is 7.11 Å². The molecule has 0 aliphatic heterocycles. The Balaban J connectivity index is 2.42. The molecule has 1 aliphatic rings. The van der Waals surface area contributed by atoms with Gasteiger partial charge in [-0.1, -0.05) is 12.8 Å². The van der Waals surface area contributed by atoms with Crippen molar-refractivity contribution in [3.05, 3.63) is 0 Å². The van der Waals surface area contributed by atoms with E-state index in [0.29, 0.717) is 13.2 Å². The summed E-state index contributed by atoms with van der Waals surface area (Å²) < 4.78 is 5.03. The zero-order chi connectivity index (χ0) is 11.3. The SMILES string of the molecule is COCC(C)NCC1(C(N)=O)CCCC1. The van der Waals surface area contributed by atoms with Crippen molar-refractivity contribution in [3.63, 3.8) is 0 Å². The summed E-state index contributed by atoms with van der Waals surface area (Å²) in [5.74, 6) is -0.155. The third-order valence-corrected chi connectivity index (χ3v) is 3.29. The third-order valence-electron chi connectivity index (χ3n) is 3.29. The van der Waals surface area contributed by atoms with Crippen LogP contribution in [0.25, 0.3) is 0 Å². The first-order chi connectivity index (χ1) is 7.10. The fourth-order valence-corrected chi connectivity index (χ4v) is 2.24. The lowest BCUT2D eigenvalue weighted by Crippen LogP contribution is -2.46. The lowest BCUT2D eigenvalue weighted by Gasteiger charge is -2.27. The number of ether oxygens (including phenoxy) is 1. The highest BCUT2D eigenvalue weighted by atomic mass is 16.5. The van der Waals surface area contributed by atoms with Gasteiger partial charge in [0.2, 0.25) is 5.91 Å². The predicted molar refractivity (Wildman–Crippen MR) is 59.4 cm³/mol. The normalized spacial score (nSPS) is 21.5. The molecular weight excluding hydrogens is 192 g/mol. The molecule has 0 radical (unpaired) electrons. The fourth-order valence-electron chi connectivity index (χ4n) is 2.24. The second-order valence-electron chi connectivity index (χ2n) is 4.59. The van der Waals surface area contributed by atoms with Gasteiger partial charge in [-0.3, -0.25) is 4.79 Å². The van der Waals surface area contributed by atoms with E-state index in [1.165, 1.54) is 0 Å². The second kappa shape index (κ2) is 5.47. The minimum absolute atomic E-state index is 0.155. The quantitative estimate of drug-likeness (QED) is 0.682. The molecule has 1 aliphatic carbocycles. The van der Waals surface area contributed by atoms with Crippen LogP contribution in [0, 0.1) is 5.41 Å². The van der Waals surface area contributed by atoms with Gasteiger partial charge < -0.3 is 15.8 Å². The Morgan fingerprint density at radius 1 is 1.53 bits per heavy atom. The first-order valence-electron chi connectivity index (χ1n) is 5.63. The molecule has 1 rings (SSSR count). The van der Waals surface area contributed by atoms with E-state index < -0.39 is 0 Å². The molecule has 3 N–H and O–H groups in total. The topological polar surface area (TPSA) is 64.3 Å². The highest BCUT2D eigenvalue weighted by molar-refractivity contribution is 5.81. The van der Waals surface area contributed by atoms with Crippen molar-refractivity contribution in [1.29, 1.82) is 0 Å². The number of nitrogens with two attached hydrogens (primary N) is 1. The third kappa shape index (κ3) is 3.18. The van der Waals surface area contributed by atoms with Crippen LogP contribution >= 0.6 is 0 Å². The van der Waals surface area contributed by atoms with Crippen molar-refractivity contribution in [2.24, 2.45) is 11.1 Å². The average Bonchev–Trinajstić information content (AvgIpc) is 2.65. The monoisotopic (exact) mass is 214 g/mol. The van der Waals surface area contributed by atoms with Crippen LogP contribution in [0.3, 0.4) is 0 Å². The van der Waals surface area contributed by atoms with E-state index in [2.05, 4.69) is 5.32 Å². The van der Waals surface area contributed by atoms with Crippen LogP contribution in [0.1, 0.15) is 32.6 Å². The number of methoxy groups -OCH3 is 1. The number of primary amides is 1. The summed E-state index contributed by atoms with van der Waals surface area (Å²) >= 11 is 0. The van der Waals surface area contributed by atoms with Gasteiger partial charge in [0.25, 0.3) is 0 Å². The molecule has 0 saturated heterocycles. The summed E-state index contributed by atoms with van der Waals surface area (Å²) in [7, 11) is 1.68. The molecule has 0 bridgehead atoms. The molecule has 0 aromatic rings. The fraction of sp³-hybridized carbons (Fsp3) is 0.909. The van der Waals surface area contributed by atoms with Crippen molar-refractivity contribution in [2.75, 3.05) is 20.3 Å². The van der Waals surface area contributed by atoms with Gasteiger partial charge in [0, 0.05) is 19.7 Å². The molecule has 88 valence electrons. The van der Waals surface area contributed by atoms with Gasteiger partial charge in [0.15, 0.2) is 0 Å². The molecule has 0 spiro atoms. The van der Waals surface area contributed by atoms with E-state index in [1.807, 2.05) is 6.92 Å². The molecule has 0 heterocycles. The molecule has 1 fully saturated rings. The highest BCUT2D eigenvalue weighted by Gasteiger charge is 2.39. The molecule has 1 saturated carbocycles. The molecule has 1 atom stereocenters. The van der Waals surface area contributed by atoms with Crippen LogP contribution in [0.2, 0.25) is 0 Å². The van der Waals surface area contributed by atoms with Gasteiger partial charge in [0.05, 0.1) is 12.0 Å². The smallest absolute Gasteiger partial charge is 0.224 e. The van der Waals surface area contributed by atoms with E-state index in [0.717, 1.165) is 25.7 Å². The largest absolute Gasteiger partial charge is 0.383 e. The van der Waals surface area contributed by atoms with E-state index in [4.69, 9.17) is 10.5 Å². The van der Waals surface area contributed by atoms with Gasteiger partial charge in [0.1, 0.15) is 0 Å². The first-order valence-corrected chi connectivity index (χ1v) is 5.63. The second-order valence-corrected chi connectivity index (χ2v) is 4.59. The van der Waals surface area contributed by atoms with Gasteiger partial charge in [-0.25, -0.2) is 0 Å². The molecule has 1 unspecified atom stereocenters. The summed E-state index contributed by atoms with van der Waals surface area (Å²) in [6, 6.07) is 0.270. The summed E-state index contributed by atoms with van der Waals surface area (Å²) in [4.78, 5) is 11.4. The van der Waals surface area contributed by atoms with Gasteiger partial charge in [-0.2, -0.15) is 0 Å². The maximum absolute atomic E-state index is 11.4. The number of amides is 1. The maximum Gasteiger partial charge on any atom is 0.224 e. The van der Waals surface area contributed by atoms with E-state index in [9.17, 15) is 4.79 Å². The van der Waals surface area contributed by atoms with E-state index in [-0.39, 0.29) is 17.4 Å². The molecule has 15 heavy (non-hydrogen) atoms. The lowest BCUT2D eigenvalue weighted by atomic mass is 9.85. The summed E-state index contributed by atoms with van der Waals surface area (Å²) in [6.07, 6.45) is 4.08. The van der Waals surface area contributed by atoms with Crippen LogP contribution in [-0.4, -0.2) is 32.2 Å². The Morgan fingerprint density at radius 2 is 2.13 bits per heavy atom. The molecule has 4 nitrogen and oxygen atoms in total. The summed E-state index contributed by atoms with van der Waals surface area (Å²) in [5.41, 5.74) is 5.18. The Bertz CT molecular complexity index is 213. The summed E-state index contributed by atoms with van der Waals surface area (Å²) in [5, 5.41) is 3.32. The van der Waals surface area contributed by atoms with Crippen molar-refractivity contribution in [2.45, 2.75) is 38.6 Å². The number of hydrogen-bond donors (Lipinski definition) is 2.